The number of unbranched alkanes of at least 4 members (excludes halogenated alkanes) is 4. The van der Waals surface area contributed by atoms with Crippen molar-refractivity contribution in [3.63, 3.8) is 0 Å². The van der Waals surface area contributed by atoms with Crippen LogP contribution in [0.25, 0.3) is 0 Å². The van der Waals surface area contributed by atoms with E-state index in [1.165, 1.54) is 24.8 Å². The molecule has 0 fully saturated rings. The lowest BCUT2D eigenvalue weighted by Gasteiger charge is -2.36. The minimum Gasteiger partial charge on any atom is -0.481 e. The SMILES string of the molecule is CCCCCCCC1(C(=O)O)C=CC=C(CCOC)C1C. The number of carboxylic acids is 1. The number of carbonyl (C=O) groups is 1. The lowest BCUT2D eigenvalue weighted by molar-refractivity contribution is -0.148. The number of rotatable bonds is 10. The van der Waals surface area contributed by atoms with E-state index in [2.05, 4.69) is 13.0 Å². The molecule has 0 saturated heterocycles. The maximum absolute atomic E-state index is 11.9. The zero-order valence-electron chi connectivity index (χ0n) is 13.7. The van der Waals surface area contributed by atoms with Crippen molar-refractivity contribution < 1.29 is 14.6 Å². The summed E-state index contributed by atoms with van der Waals surface area (Å²) < 4.78 is 5.13. The Bertz CT molecular complexity index is 384. The third-order valence-corrected chi connectivity index (χ3v) is 4.72. The molecule has 0 aromatic rings. The van der Waals surface area contributed by atoms with Gasteiger partial charge in [0.2, 0.25) is 0 Å². The van der Waals surface area contributed by atoms with Crippen molar-refractivity contribution in [3.8, 4) is 0 Å². The normalized spacial score (nSPS) is 24.9. The van der Waals surface area contributed by atoms with E-state index in [0.29, 0.717) is 6.61 Å². The van der Waals surface area contributed by atoms with Gasteiger partial charge >= 0.3 is 5.97 Å². The molecule has 1 N–H and O–H groups in total. The van der Waals surface area contributed by atoms with E-state index in [4.69, 9.17) is 4.74 Å². The molecule has 0 aromatic heterocycles. The predicted octanol–water partition coefficient (Wildman–Crippen LogP) is 4.59. The van der Waals surface area contributed by atoms with Crippen LogP contribution in [0.3, 0.4) is 0 Å². The van der Waals surface area contributed by atoms with Gasteiger partial charge in [0, 0.05) is 13.7 Å². The van der Waals surface area contributed by atoms with Gasteiger partial charge in [-0.05, 0) is 18.8 Å². The molecule has 0 amide bonds. The van der Waals surface area contributed by atoms with Crippen LogP contribution in [0, 0.1) is 11.3 Å². The zero-order chi connectivity index (χ0) is 15.7. The summed E-state index contributed by atoms with van der Waals surface area (Å²) in [6.45, 7) is 4.89. The standard InChI is InChI=1S/C18H30O3/c1-4-5-6-7-8-12-18(17(19)20)13-9-10-16(15(18)2)11-14-21-3/h9-10,13,15H,4-8,11-12,14H2,1-3H3,(H,19,20). The van der Waals surface area contributed by atoms with Crippen molar-refractivity contribution in [3.05, 3.63) is 23.8 Å². The van der Waals surface area contributed by atoms with Crippen LogP contribution in [-0.2, 0) is 9.53 Å². The Morgan fingerprint density at radius 2 is 2.05 bits per heavy atom. The number of carboxylic acid groups (broad SMARTS) is 1. The summed E-state index contributed by atoms with van der Waals surface area (Å²) in [4.78, 5) is 11.9. The molecule has 0 saturated carbocycles. The van der Waals surface area contributed by atoms with Crippen LogP contribution >= 0.6 is 0 Å². The second-order valence-electron chi connectivity index (χ2n) is 6.07. The van der Waals surface area contributed by atoms with Gasteiger partial charge in [-0.1, -0.05) is 69.8 Å². The van der Waals surface area contributed by atoms with E-state index in [-0.39, 0.29) is 5.92 Å². The van der Waals surface area contributed by atoms with Gasteiger partial charge in [-0.3, -0.25) is 4.79 Å². The molecule has 1 aliphatic rings. The van der Waals surface area contributed by atoms with Gasteiger partial charge in [0.05, 0.1) is 5.41 Å². The average Bonchev–Trinajstić information content (AvgIpc) is 2.47. The van der Waals surface area contributed by atoms with Crippen molar-refractivity contribution >= 4 is 5.97 Å². The van der Waals surface area contributed by atoms with Gasteiger partial charge in [-0.2, -0.15) is 0 Å². The maximum atomic E-state index is 11.9. The minimum atomic E-state index is -0.732. The summed E-state index contributed by atoms with van der Waals surface area (Å²) >= 11 is 0. The van der Waals surface area contributed by atoms with Crippen LogP contribution in [0.2, 0.25) is 0 Å². The third-order valence-electron chi connectivity index (χ3n) is 4.72. The predicted molar refractivity (Wildman–Crippen MR) is 86.3 cm³/mol. The Hall–Kier alpha value is -1.09. The van der Waals surface area contributed by atoms with E-state index in [1.54, 1.807) is 7.11 Å². The van der Waals surface area contributed by atoms with Crippen LogP contribution in [0.15, 0.2) is 23.8 Å². The van der Waals surface area contributed by atoms with Crippen LogP contribution in [0.4, 0.5) is 0 Å². The van der Waals surface area contributed by atoms with Crippen molar-refractivity contribution in [2.24, 2.45) is 11.3 Å². The maximum Gasteiger partial charge on any atom is 0.314 e. The highest BCUT2D eigenvalue weighted by Gasteiger charge is 2.43. The van der Waals surface area contributed by atoms with Gasteiger partial charge in [-0.25, -0.2) is 0 Å². The molecule has 3 heteroatoms. The molecule has 0 heterocycles. The van der Waals surface area contributed by atoms with Crippen molar-refractivity contribution in [2.45, 2.75) is 58.8 Å². The molecule has 1 aliphatic carbocycles. The van der Waals surface area contributed by atoms with Gasteiger partial charge < -0.3 is 9.84 Å². The lowest BCUT2D eigenvalue weighted by atomic mass is 9.66. The molecule has 120 valence electrons. The van der Waals surface area contributed by atoms with E-state index in [1.807, 2.05) is 19.1 Å². The smallest absolute Gasteiger partial charge is 0.314 e. The van der Waals surface area contributed by atoms with Gasteiger partial charge in [0.1, 0.15) is 0 Å². The Labute approximate surface area is 129 Å². The Kier molecular flexibility index (Phi) is 7.73. The highest BCUT2D eigenvalue weighted by Crippen LogP contribution is 2.43. The fourth-order valence-electron chi connectivity index (χ4n) is 3.17. The van der Waals surface area contributed by atoms with Gasteiger partial charge in [0.15, 0.2) is 0 Å². The number of ether oxygens (including phenoxy) is 1. The number of allylic oxidation sites excluding steroid dienone is 2. The average molecular weight is 294 g/mol. The van der Waals surface area contributed by atoms with E-state index in [9.17, 15) is 9.90 Å². The zero-order valence-corrected chi connectivity index (χ0v) is 13.7. The summed E-state index contributed by atoms with van der Waals surface area (Å²) in [5, 5.41) is 9.80. The van der Waals surface area contributed by atoms with E-state index in [0.717, 1.165) is 25.7 Å². The first-order valence-corrected chi connectivity index (χ1v) is 8.19. The summed E-state index contributed by atoms with van der Waals surface area (Å²) in [6, 6.07) is 0. The molecule has 1 rings (SSSR count). The highest BCUT2D eigenvalue weighted by molar-refractivity contribution is 5.78. The second-order valence-corrected chi connectivity index (χ2v) is 6.07. The molecule has 0 bridgehead atoms. The number of aliphatic carboxylic acids is 1. The molecular formula is C18H30O3. The molecular weight excluding hydrogens is 264 g/mol. The molecule has 0 radical (unpaired) electrons. The first-order valence-electron chi connectivity index (χ1n) is 8.19. The second kappa shape index (κ2) is 9.04. The summed E-state index contributed by atoms with van der Waals surface area (Å²) in [6.07, 6.45) is 13.2. The largest absolute Gasteiger partial charge is 0.481 e. The number of methoxy groups -OCH3 is 1. The number of hydrogen-bond acceptors (Lipinski definition) is 2. The van der Waals surface area contributed by atoms with Crippen molar-refractivity contribution in [1.29, 1.82) is 0 Å². The highest BCUT2D eigenvalue weighted by atomic mass is 16.5. The fraction of sp³-hybridized carbons (Fsp3) is 0.722. The van der Waals surface area contributed by atoms with Crippen LogP contribution in [0.1, 0.15) is 58.8 Å². The van der Waals surface area contributed by atoms with Crippen molar-refractivity contribution in [1.82, 2.24) is 0 Å². The van der Waals surface area contributed by atoms with Crippen LogP contribution in [0.5, 0.6) is 0 Å². The first kappa shape index (κ1) is 18.0. The summed E-state index contributed by atoms with van der Waals surface area (Å²) in [7, 11) is 1.68. The summed E-state index contributed by atoms with van der Waals surface area (Å²) in [5.74, 6) is -0.647. The Balaban J connectivity index is 2.69. The Morgan fingerprint density at radius 1 is 1.33 bits per heavy atom. The number of hydrogen-bond donors (Lipinski definition) is 1. The monoisotopic (exact) mass is 294 g/mol. The van der Waals surface area contributed by atoms with Crippen LogP contribution < -0.4 is 0 Å². The molecule has 0 aliphatic heterocycles. The van der Waals surface area contributed by atoms with Gasteiger partial charge in [-0.15, -0.1) is 0 Å². The molecule has 2 atom stereocenters. The van der Waals surface area contributed by atoms with Gasteiger partial charge in [0.25, 0.3) is 0 Å². The quantitative estimate of drug-likeness (QED) is 0.600. The molecule has 21 heavy (non-hydrogen) atoms. The lowest BCUT2D eigenvalue weighted by Crippen LogP contribution is -2.38. The molecule has 2 unspecified atom stereocenters. The fourth-order valence-corrected chi connectivity index (χ4v) is 3.17. The van der Waals surface area contributed by atoms with E-state index >= 15 is 0 Å². The van der Waals surface area contributed by atoms with Crippen molar-refractivity contribution in [2.75, 3.05) is 13.7 Å². The first-order chi connectivity index (χ1) is 10.1. The summed E-state index contributed by atoms with van der Waals surface area (Å²) in [5.41, 5.74) is 0.458. The molecule has 0 spiro atoms. The third kappa shape index (κ3) is 4.70. The molecule has 0 aromatic carbocycles. The topological polar surface area (TPSA) is 46.5 Å². The van der Waals surface area contributed by atoms with Crippen LogP contribution in [-0.4, -0.2) is 24.8 Å². The van der Waals surface area contributed by atoms with E-state index < -0.39 is 11.4 Å². The Morgan fingerprint density at radius 3 is 2.67 bits per heavy atom. The molecule has 3 nitrogen and oxygen atoms in total. The minimum absolute atomic E-state index is 0.0429.